The van der Waals surface area contributed by atoms with Crippen LogP contribution < -0.4 is 0 Å². The van der Waals surface area contributed by atoms with E-state index in [1.54, 1.807) is 0 Å². The van der Waals surface area contributed by atoms with E-state index in [4.69, 9.17) is 4.99 Å². The zero-order chi connectivity index (χ0) is 20.3. The Morgan fingerprint density at radius 3 is 2.41 bits per heavy atom. The van der Waals surface area contributed by atoms with Crippen LogP contribution in [0.3, 0.4) is 0 Å². The largest absolute Gasteiger partial charge is 0.296 e. The Morgan fingerprint density at radius 2 is 1.72 bits per heavy atom. The molecule has 0 radical (unpaired) electrons. The van der Waals surface area contributed by atoms with Crippen molar-refractivity contribution in [1.82, 2.24) is 4.90 Å². The molecule has 1 aromatic carbocycles. The van der Waals surface area contributed by atoms with Crippen molar-refractivity contribution in [2.24, 2.45) is 21.3 Å². The molecule has 1 spiro atoms. The summed E-state index contributed by atoms with van der Waals surface area (Å²) in [6, 6.07) is 8.60. The van der Waals surface area contributed by atoms with Gasteiger partial charge in [-0.2, -0.15) is 4.99 Å². The van der Waals surface area contributed by atoms with Crippen molar-refractivity contribution in [3.8, 4) is 0 Å². The summed E-state index contributed by atoms with van der Waals surface area (Å²) in [5.74, 6) is 0.647. The van der Waals surface area contributed by atoms with Crippen LogP contribution in [0, 0.1) is 11.3 Å². The minimum atomic E-state index is -0.136. The first-order valence-corrected chi connectivity index (χ1v) is 11.7. The van der Waals surface area contributed by atoms with E-state index in [1.807, 2.05) is 0 Å². The molecule has 0 N–H and O–H groups in total. The highest BCUT2D eigenvalue weighted by atomic mass is 16.1. The lowest BCUT2D eigenvalue weighted by atomic mass is 9.62. The summed E-state index contributed by atoms with van der Waals surface area (Å²) in [6.45, 7) is 7.25. The lowest BCUT2D eigenvalue weighted by Gasteiger charge is -2.42. The van der Waals surface area contributed by atoms with E-state index in [9.17, 15) is 4.79 Å². The molecular weight excluding hydrogens is 358 g/mol. The van der Waals surface area contributed by atoms with Crippen molar-refractivity contribution in [2.45, 2.75) is 71.6 Å². The maximum absolute atomic E-state index is 13.3. The molecule has 1 fully saturated rings. The zero-order valence-electron chi connectivity index (χ0n) is 18.1. The van der Waals surface area contributed by atoms with Gasteiger partial charge in [0.15, 0.2) is 0 Å². The van der Waals surface area contributed by atoms with Crippen molar-refractivity contribution in [1.29, 1.82) is 0 Å². The van der Waals surface area contributed by atoms with Crippen LogP contribution in [0.15, 0.2) is 34.3 Å². The third-order valence-electron chi connectivity index (χ3n) is 7.08. The van der Waals surface area contributed by atoms with Crippen LogP contribution in [0.4, 0.5) is 0 Å². The number of unbranched alkanes of at least 4 members (excludes halogenated alkanes) is 2. The Bertz CT molecular complexity index is 796. The van der Waals surface area contributed by atoms with Crippen molar-refractivity contribution in [2.75, 3.05) is 19.6 Å². The molecule has 1 saturated carbocycles. The van der Waals surface area contributed by atoms with E-state index in [0.29, 0.717) is 6.54 Å². The smallest absolute Gasteiger partial charge is 0.257 e. The Morgan fingerprint density at radius 1 is 1.03 bits per heavy atom. The summed E-state index contributed by atoms with van der Waals surface area (Å²) in [5, 5.41) is 0. The molecule has 29 heavy (non-hydrogen) atoms. The first kappa shape index (κ1) is 20.5. The van der Waals surface area contributed by atoms with Gasteiger partial charge in [-0.15, -0.1) is 0 Å². The van der Waals surface area contributed by atoms with E-state index in [1.165, 1.54) is 49.7 Å². The summed E-state index contributed by atoms with van der Waals surface area (Å²) in [4.78, 5) is 25.4. The summed E-state index contributed by atoms with van der Waals surface area (Å²) in [5.41, 5.74) is 3.61. The number of rotatable bonds is 8. The second-order valence-corrected chi connectivity index (χ2v) is 9.18. The molecular formula is C25H35N3O. The summed E-state index contributed by atoms with van der Waals surface area (Å²) < 4.78 is 0. The Kier molecular flexibility index (Phi) is 6.29. The summed E-state index contributed by atoms with van der Waals surface area (Å²) in [6.07, 6.45) is 10.4. The predicted octanol–water partition coefficient (Wildman–Crippen LogP) is 5.05. The highest BCUT2D eigenvalue weighted by Gasteiger charge is 2.52. The average molecular weight is 394 g/mol. The SMILES string of the molecule is CCCCN(CCCC)CC1=NC(=O)C2C(=N1)c1ccccc1CC21CCCC1. The van der Waals surface area contributed by atoms with Gasteiger partial charge in [0.1, 0.15) is 5.84 Å². The fourth-order valence-corrected chi connectivity index (χ4v) is 5.56. The number of benzene rings is 1. The number of carbonyl (C=O) groups excluding carboxylic acids is 1. The van der Waals surface area contributed by atoms with Crippen molar-refractivity contribution in [3.05, 3.63) is 35.4 Å². The van der Waals surface area contributed by atoms with Gasteiger partial charge in [-0.25, -0.2) is 4.99 Å². The molecule has 1 atom stereocenters. The fourth-order valence-electron chi connectivity index (χ4n) is 5.56. The number of amides is 1. The van der Waals surface area contributed by atoms with Gasteiger partial charge in [0.2, 0.25) is 0 Å². The van der Waals surface area contributed by atoms with Crippen molar-refractivity contribution < 1.29 is 4.79 Å². The molecule has 0 saturated heterocycles. The van der Waals surface area contributed by atoms with Crippen molar-refractivity contribution >= 4 is 17.5 Å². The number of carbonyl (C=O) groups is 1. The van der Waals surface area contributed by atoms with E-state index in [2.05, 4.69) is 48.0 Å². The van der Waals surface area contributed by atoms with Gasteiger partial charge >= 0.3 is 0 Å². The molecule has 4 rings (SSSR count). The molecule has 156 valence electrons. The Hall–Kier alpha value is -1.81. The molecule has 4 nitrogen and oxygen atoms in total. The van der Waals surface area contributed by atoms with Crippen LogP contribution in [0.2, 0.25) is 0 Å². The molecule has 1 amide bonds. The highest BCUT2D eigenvalue weighted by molar-refractivity contribution is 6.23. The molecule has 4 heteroatoms. The number of amidine groups is 1. The number of fused-ring (bicyclic) bond motifs is 4. The van der Waals surface area contributed by atoms with Crippen LogP contribution in [0.1, 0.15) is 76.3 Å². The molecule has 0 bridgehead atoms. The second-order valence-electron chi connectivity index (χ2n) is 9.18. The lowest BCUT2D eigenvalue weighted by Crippen LogP contribution is -2.47. The van der Waals surface area contributed by atoms with Crippen LogP contribution in [-0.2, 0) is 11.2 Å². The van der Waals surface area contributed by atoms with Gasteiger partial charge in [0, 0.05) is 5.56 Å². The van der Waals surface area contributed by atoms with Crippen molar-refractivity contribution in [3.63, 3.8) is 0 Å². The third kappa shape index (κ3) is 4.09. The molecule has 2 aliphatic carbocycles. The van der Waals surface area contributed by atoms with Gasteiger partial charge < -0.3 is 0 Å². The number of nitrogens with zero attached hydrogens (tertiary/aromatic N) is 3. The minimum absolute atomic E-state index is 0.0450. The van der Waals surface area contributed by atoms with E-state index in [0.717, 1.165) is 43.9 Å². The van der Waals surface area contributed by atoms with Gasteiger partial charge in [0.05, 0.1) is 18.2 Å². The summed E-state index contributed by atoms with van der Waals surface area (Å²) in [7, 11) is 0. The molecule has 1 heterocycles. The first-order chi connectivity index (χ1) is 14.2. The monoisotopic (exact) mass is 393 g/mol. The number of hydrogen-bond acceptors (Lipinski definition) is 3. The lowest BCUT2D eigenvalue weighted by molar-refractivity contribution is -0.123. The molecule has 1 aliphatic heterocycles. The molecule has 3 aliphatic rings. The number of aliphatic imine (C=N–C) groups is 2. The van der Waals surface area contributed by atoms with Gasteiger partial charge in [-0.1, -0.05) is 63.8 Å². The van der Waals surface area contributed by atoms with Crippen LogP contribution in [0.5, 0.6) is 0 Å². The van der Waals surface area contributed by atoms with Gasteiger partial charge in [-0.05, 0) is 56.2 Å². The standard InChI is InChI=1S/C25H35N3O/c1-3-5-15-28(16-6-4-2)18-21-26-23-20-12-8-7-11-19(20)17-25(13-9-10-14-25)22(23)24(29)27-21/h7-8,11-12,22H,3-6,9-10,13-18H2,1-2H3. The summed E-state index contributed by atoms with van der Waals surface area (Å²) >= 11 is 0. The average Bonchev–Trinajstić information content (AvgIpc) is 3.18. The minimum Gasteiger partial charge on any atom is -0.296 e. The van der Waals surface area contributed by atoms with Gasteiger partial charge in [0.25, 0.3) is 5.91 Å². The Balaban J connectivity index is 1.65. The number of hydrogen-bond donors (Lipinski definition) is 0. The fraction of sp³-hybridized carbons (Fsp3) is 0.640. The maximum atomic E-state index is 13.3. The van der Waals surface area contributed by atoms with Gasteiger partial charge in [-0.3, -0.25) is 9.69 Å². The zero-order valence-corrected chi connectivity index (χ0v) is 18.1. The Labute approximate surface area is 175 Å². The topological polar surface area (TPSA) is 45.0 Å². The molecule has 0 aromatic heterocycles. The van der Waals surface area contributed by atoms with E-state index in [-0.39, 0.29) is 17.2 Å². The first-order valence-electron chi connectivity index (χ1n) is 11.7. The molecule has 1 unspecified atom stereocenters. The van der Waals surface area contributed by atoms with Crippen LogP contribution in [-0.4, -0.2) is 42.0 Å². The maximum Gasteiger partial charge on any atom is 0.257 e. The van der Waals surface area contributed by atoms with Crippen LogP contribution >= 0.6 is 0 Å². The van der Waals surface area contributed by atoms with Crippen LogP contribution in [0.25, 0.3) is 0 Å². The highest BCUT2D eigenvalue weighted by Crippen LogP contribution is 2.52. The second kappa shape index (κ2) is 8.91. The van der Waals surface area contributed by atoms with E-state index < -0.39 is 0 Å². The predicted molar refractivity (Wildman–Crippen MR) is 120 cm³/mol. The normalized spacial score (nSPS) is 22.4. The quantitative estimate of drug-likeness (QED) is 0.620. The van der Waals surface area contributed by atoms with E-state index >= 15 is 0 Å². The molecule has 1 aromatic rings. The third-order valence-corrected chi connectivity index (χ3v) is 7.08.